The molecule has 122 valence electrons. The van der Waals surface area contributed by atoms with E-state index in [4.69, 9.17) is 4.74 Å². The van der Waals surface area contributed by atoms with Gasteiger partial charge in [0.2, 0.25) is 0 Å². The maximum absolute atomic E-state index is 11.5. The summed E-state index contributed by atoms with van der Waals surface area (Å²) in [6.45, 7) is 4.55. The van der Waals surface area contributed by atoms with Crippen LogP contribution in [0.5, 0.6) is 5.75 Å². The minimum atomic E-state index is -0.253. The highest BCUT2D eigenvalue weighted by atomic mass is 79.9. The van der Waals surface area contributed by atoms with E-state index in [1.165, 1.54) is 5.56 Å². The number of benzene rings is 2. The van der Waals surface area contributed by atoms with Gasteiger partial charge in [0.15, 0.2) is 0 Å². The van der Waals surface area contributed by atoms with Gasteiger partial charge in [-0.1, -0.05) is 35.0 Å². The molecule has 5 heteroatoms. The van der Waals surface area contributed by atoms with E-state index in [0.29, 0.717) is 6.61 Å². The van der Waals surface area contributed by atoms with Gasteiger partial charge in [-0.15, -0.1) is 0 Å². The summed E-state index contributed by atoms with van der Waals surface area (Å²) in [7, 11) is 1.59. The van der Waals surface area contributed by atoms with Gasteiger partial charge in [-0.3, -0.25) is 0 Å². The Morgan fingerprint density at radius 3 is 2.65 bits per heavy atom. The van der Waals surface area contributed by atoms with Gasteiger partial charge in [0, 0.05) is 22.8 Å². The Morgan fingerprint density at radius 1 is 1.22 bits per heavy atom. The molecule has 2 N–H and O–H groups in total. The second-order valence-electron chi connectivity index (χ2n) is 5.25. The van der Waals surface area contributed by atoms with Crippen molar-refractivity contribution in [2.75, 3.05) is 12.4 Å². The molecule has 0 aliphatic heterocycles. The second-order valence-corrected chi connectivity index (χ2v) is 6.16. The van der Waals surface area contributed by atoms with E-state index in [1.54, 1.807) is 7.05 Å². The Bertz CT molecular complexity index is 701. The number of carbonyl (C=O) groups is 1. The van der Waals surface area contributed by atoms with Crippen LogP contribution in [0.25, 0.3) is 0 Å². The molecule has 0 saturated carbocycles. The zero-order valence-corrected chi connectivity index (χ0v) is 15.2. The quantitative estimate of drug-likeness (QED) is 0.797. The summed E-state index contributed by atoms with van der Waals surface area (Å²) in [5.41, 5.74) is 4.04. The lowest BCUT2D eigenvalue weighted by molar-refractivity contribution is 0.254. The summed E-state index contributed by atoms with van der Waals surface area (Å²) < 4.78 is 6.88. The number of ether oxygens (including phenoxy) is 1. The highest BCUT2D eigenvalue weighted by Crippen LogP contribution is 2.25. The van der Waals surface area contributed by atoms with Crippen molar-refractivity contribution in [3.63, 3.8) is 0 Å². The standard InChI is InChI=1S/C18H21BrN2O2/c1-4-13-5-8-17(12(2)9-13)23-11-14-10-15(19)6-7-16(14)21-18(22)20-3/h5-10H,4,11H2,1-3H3,(H2,20,21,22). The molecule has 2 aromatic rings. The van der Waals surface area contributed by atoms with Crippen molar-refractivity contribution in [1.29, 1.82) is 0 Å². The number of halogens is 1. The lowest BCUT2D eigenvalue weighted by atomic mass is 10.1. The van der Waals surface area contributed by atoms with Gasteiger partial charge in [-0.05, 0) is 48.7 Å². The van der Waals surface area contributed by atoms with E-state index >= 15 is 0 Å². The number of rotatable bonds is 5. The average Bonchev–Trinajstić information content (AvgIpc) is 2.55. The van der Waals surface area contributed by atoms with Crippen LogP contribution in [-0.4, -0.2) is 13.1 Å². The Hall–Kier alpha value is -2.01. The largest absolute Gasteiger partial charge is 0.489 e. The molecule has 0 radical (unpaired) electrons. The number of hydrogen-bond donors (Lipinski definition) is 2. The molecule has 0 bridgehead atoms. The number of nitrogens with one attached hydrogen (secondary N) is 2. The van der Waals surface area contributed by atoms with E-state index in [2.05, 4.69) is 45.6 Å². The zero-order chi connectivity index (χ0) is 16.8. The van der Waals surface area contributed by atoms with E-state index in [-0.39, 0.29) is 6.03 Å². The number of amides is 2. The molecule has 0 unspecified atom stereocenters. The predicted octanol–water partition coefficient (Wildman–Crippen LogP) is 4.65. The molecule has 23 heavy (non-hydrogen) atoms. The van der Waals surface area contributed by atoms with Crippen molar-refractivity contribution in [3.05, 3.63) is 57.6 Å². The summed E-state index contributed by atoms with van der Waals surface area (Å²) in [6.07, 6.45) is 1.01. The number of aryl methyl sites for hydroxylation is 2. The van der Waals surface area contributed by atoms with Crippen molar-refractivity contribution >= 4 is 27.6 Å². The average molecular weight is 377 g/mol. The SMILES string of the molecule is CCc1ccc(OCc2cc(Br)ccc2NC(=O)NC)c(C)c1. The Balaban J connectivity index is 2.16. The number of carbonyl (C=O) groups excluding carboxylic acids is 1. The van der Waals surface area contributed by atoms with Crippen molar-refractivity contribution in [3.8, 4) is 5.75 Å². The fourth-order valence-corrected chi connectivity index (χ4v) is 2.65. The lowest BCUT2D eigenvalue weighted by Gasteiger charge is -2.14. The highest BCUT2D eigenvalue weighted by molar-refractivity contribution is 9.10. The summed E-state index contributed by atoms with van der Waals surface area (Å²) in [4.78, 5) is 11.5. The molecule has 2 aromatic carbocycles. The van der Waals surface area contributed by atoms with Crippen LogP contribution >= 0.6 is 15.9 Å². The lowest BCUT2D eigenvalue weighted by Crippen LogP contribution is -2.25. The van der Waals surface area contributed by atoms with Gasteiger partial charge in [0.25, 0.3) is 0 Å². The monoisotopic (exact) mass is 376 g/mol. The maximum atomic E-state index is 11.5. The Kier molecular flexibility index (Phi) is 6.04. The normalized spacial score (nSPS) is 10.3. The fraction of sp³-hybridized carbons (Fsp3) is 0.278. The predicted molar refractivity (Wildman–Crippen MR) is 97.1 cm³/mol. The van der Waals surface area contributed by atoms with Crippen LogP contribution in [0.15, 0.2) is 40.9 Å². The number of anilines is 1. The van der Waals surface area contributed by atoms with Crippen molar-refractivity contribution in [2.45, 2.75) is 26.9 Å². The van der Waals surface area contributed by atoms with Crippen LogP contribution in [0.1, 0.15) is 23.6 Å². The van der Waals surface area contributed by atoms with Crippen LogP contribution in [-0.2, 0) is 13.0 Å². The molecule has 0 saturated heterocycles. The summed E-state index contributed by atoms with van der Waals surface area (Å²) in [5, 5.41) is 5.35. The second kappa shape index (κ2) is 8.02. The van der Waals surface area contributed by atoms with Gasteiger partial charge in [-0.2, -0.15) is 0 Å². The van der Waals surface area contributed by atoms with Crippen LogP contribution < -0.4 is 15.4 Å². The van der Waals surface area contributed by atoms with Crippen LogP contribution in [0.2, 0.25) is 0 Å². The third kappa shape index (κ3) is 4.73. The topological polar surface area (TPSA) is 50.4 Å². The first kappa shape index (κ1) is 17.3. The summed E-state index contributed by atoms with van der Waals surface area (Å²) in [5.74, 6) is 0.855. The van der Waals surface area contributed by atoms with Crippen molar-refractivity contribution in [1.82, 2.24) is 5.32 Å². The summed E-state index contributed by atoms with van der Waals surface area (Å²) >= 11 is 3.46. The van der Waals surface area contributed by atoms with E-state index in [9.17, 15) is 4.79 Å². The van der Waals surface area contributed by atoms with Gasteiger partial charge >= 0.3 is 6.03 Å². The molecule has 0 atom stereocenters. The molecule has 0 fully saturated rings. The zero-order valence-electron chi connectivity index (χ0n) is 13.6. The Labute approximate surface area is 145 Å². The molecule has 0 aromatic heterocycles. The number of urea groups is 1. The maximum Gasteiger partial charge on any atom is 0.318 e. The molecular formula is C18H21BrN2O2. The first-order chi connectivity index (χ1) is 11.0. The molecule has 0 heterocycles. The third-order valence-corrected chi connectivity index (χ3v) is 4.07. The van der Waals surface area contributed by atoms with E-state index < -0.39 is 0 Å². The highest BCUT2D eigenvalue weighted by Gasteiger charge is 2.08. The molecule has 0 aliphatic carbocycles. The van der Waals surface area contributed by atoms with Crippen LogP contribution in [0.3, 0.4) is 0 Å². The van der Waals surface area contributed by atoms with Gasteiger partial charge in [0.1, 0.15) is 12.4 Å². The Morgan fingerprint density at radius 2 is 2.00 bits per heavy atom. The van der Waals surface area contributed by atoms with Crippen LogP contribution in [0.4, 0.5) is 10.5 Å². The third-order valence-electron chi connectivity index (χ3n) is 3.57. The first-order valence-electron chi connectivity index (χ1n) is 7.53. The fourth-order valence-electron chi connectivity index (χ4n) is 2.24. The first-order valence-corrected chi connectivity index (χ1v) is 8.32. The van der Waals surface area contributed by atoms with Gasteiger partial charge in [-0.25, -0.2) is 4.79 Å². The molecule has 4 nitrogen and oxygen atoms in total. The van der Waals surface area contributed by atoms with Gasteiger partial charge in [0.05, 0.1) is 0 Å². The minimum absolute atomic E-state index is 0.253. The van der Waals surface area contributed by atoms with Crippen LogP contribution in [0, 0.1) is 6.92 Å². The number of hydrogen-bond acceptors (Lipinski definition) is 2. The smallest absolute Gasteiger partial charge is 0.318 e. The molecule has 2 amide bonds. The molecular weight excluding hydrogens is 356 g/mol. The molecule has 0 spiro atoms. The van der Waals surface area contributed by atoms with E-state index in [1.807, 2.05) is 31.2 Å². The van der Waals surface area contributed by atoms with Crippen molar-refractivity contribution < 1.29 is 9.53 Å². The van der Waals surface area contributed by atoms with Gasteiger partial charge < -0.3 is 15.4 Å². The summed E-state index contributed by atoms with van der Waals surface area (Å²) in [6, 6.07) is 11.6. The molecule has 0 aliphatic rings. The van der Waals surface area contributed by atoms with E-state index in [0.717, 1.165) is 33.5 Å². The van der Waals surface area contributed by atoms with Crippen molar-refractivity contribution in [2.24, 2.45) is 0 Å². The molecule has 2 rings (SSSR count). The minimum Gasteiger partial charge on any atom is -0.489 e.